The van der Waals surface area contributed by atoms with E-state index in [1.807, 2.05) is 0 Å². The maximum absolute atomic E-state index is 13.8. The van der Waals surface area contributed by atoms with Crippen molar-refractivity contribution in [3.05, 3.63) is 46.4 Å². The van der Waals surface area contributed by atoms with Crippen LogP contribution in [0, 0.1) is 12.8 Å². The van der Waals surface area contributed by atoms with Crippen LogP contribution in [0.15, 0.2) is 23.8 Å². The summed E-state index contributed by atoms with van der Waals surface area (Å²) < 4.78 is 70.1. The molecular weight excluding hydrogens is 519 g/mol. The zero-order valence-corrected chi connectivity index (χ0v) is 20.6. The normalized spacial score (nSPS) is 17.0. The standard InChI is InChI=1S/C23H25F5N6O2S/c1-13-16(12-37-33-13)21(36)32-20(15-2-5-22(24,25)6-3-15)17-11-34-18(31-17)8-14(10-30-34)9-29-19(35)4-7-23(26,27)28/h8,10-12,15,20H,2-7,9H2,1H3,(H,29,35)(H,32,36)/t20-/m0/s1. The molecule has 1 atom stereocenters. The summed E-state index contributed by atoms with van der Waals surface area (Å²) in [5.41, 5.74) is 2.31. The van der Waals surface area contributed by atoms with Crippen LogP contribution in [0.25, 0.3) is 5.65 Å². The Balaban J connectivity index is 1.51. The maximum atomic E-state index is 13.8. The lowest BCUT2D eigenvalue weighted by Gasteiger charge is -2.33. The summed E-state index contributed by atoms with van der Waals surface area (Å²) in [5, 5.41) is 11.2. The second kappa shape index (κ2) is 10.7. The van der Waals surface area contributed by atoms with Crippen molar-refractivity contribution in [1.82, 2.24) is 29.6 Å². The molecule has 1 fully saturated rings. The van der Waals surface area contributed by atoms with E-state index in [9.17, 15) is 31.5 Å². The first-order valence-corrected chi connectivity index (χ1v) is 12.5. The van der Waals surface area contributed by atoms with Crippen LogP contribution in [0.5, 0.6) is 0 Å². The number of imidazole rings is 1. The average Bonchev–Trinajstić information content (AvgIpc) is 3.45. The number of hydrogen-bond acceptors (Lipinski definition) is 6. The smallest absolute Gasteiger partial charge is 0.352 e. The number of carbonyl (C=O) groups excluding carboxylic acids is 2. The molecule has 3 heterocycles. The van der Waals surface area contributed by atoms with E-state index in [0.717, 1.165) is 11.5 Å². The predicted octanol–water partition coefficient (Wildman–Crippen LogP) is 4.75. The summed E-state index contributed by atoms with van der Waals surface area (Å²) in [6.07, 6.45) is -3.41. The van der Waals surface area contributed by atoms with Gasteiger partial charge in [0.2, 0.25) is 11.8 Å². The highest BCUT2D eigenvalue weighted by atomic mass is 32.1. The molecule has 1 aliphatic rings. The molecule has 37 heavy (non-hydrogen) atoms. The van der Waals surface area contributed by atoms with Crippen molar-refractivity contribution in [1.29, 1.82) is 0 Å². The van der Waals surface area contributed by atoms with Gasteiger partial charge in [0, 0.05) is 31.2 Å². The van der Waals surface area contributed by atoms with Crippen LogP contribution in [0.3, 0.4) is 0 Å². The number of alkyl halides is 5. The van der Waals surface area contributed by atoms with E-state index in [1.54, 1.807) is 24.6 Å². The molecule has 3 aromatic heterocycles. The van der Waals surface area contributed by atoms with Gasteiger partial charge in [0.1, 0.15) is 0 Å². The van der Waals surface area contributed by atoms with Gasteiger partial charge in [-0.2, -0.15) is 22.6 Å². The third kappa shape index (κ3) is 6.99. The lowest BCUT2D eigenvalue weighted by atomic mass is 9.81. The molecule has 0 spiro atoms. The number of rotatable bonds is 8. The van der Waals surface area contributed by atoms with Gasteiger partial charge in [-0.1, -0.05) is 0 Å². The molecule has 4 rings (SSSR count). The topological polar surface area (TPSA) is 101 Å². The highest BCUT2D eigenvalue weighted by Crippen LogP contribution is 2.41. The van der Waals surface area contributed by atoms with Gasteiger partial charge in [0.25, 0.3) is 5.91 Å². The molecule has 1 saturated carbocycles. The third-order valence-corrected chi connectivity index (χ3v) is 7.07. The molecule has 0 bridgehead atoms. The Morgan fingerprint density at radius 2 is 2.00 bits per heavy atom. The molecule has 0 saturated heterocycles. The molecule has 0 radical (unpaired) electrons. The van der Waals surface area contributed by atoms with Crippen molar-refractivity contribution >= 4 is 29.0 Å². The summed E-state index contributed by atoms with van der Waals surface area (Å²) in [7, 11) is 0. The van der Waals surface area contributed by atoms with Crippen LogP contribution in [0.2, 0.25) is 0 Å². The van der Waals surface area contributed by atoms with Crippen LogP contribution >= 0.6 is 11.5 Å². The summed E-state index contributed by atoms with van der Waals surface area (Å²) in [6, 6.07) is 0.969. The van der Waals surface area contributed by atoms with Crippen molar-refractivity contribution < 1.29 is 31.5 Å². The van der Waals surface area contributed by atoms with Crippen LogP contribution in [0.1, 0.15) is 71.9 Å². The Morgan fingerprint density at radius 3 is 2.65 bits per heavy atom. The zero-order chi connectivity index (χ0) is 26.8. The lowest BCUT2D eigenvalue weighted by Crippen LogP contribution is -2.37. The number of fused-ring (bicyclic) bond motifs is 1. The first-order chi connectivity index (χ1) is 17.4. The monoisotopic (exact) mass is 544 g/mol. The first kappa shape index (κ1) is 26.9. The lowest BCUT2D eigenvalue weighted by molar-refractivity contribution is -0.144. The second-order valence-corrected chi connectivity index (χ2v) is 9.81. The highest BCUT2D eigenvalue weighted by Gasteiger charge is 2.39. The summed E-state index contributed by atoms with van der Waals surface area (Å²) in [6.45, 7) is 1.67. The van der Waals surface area contributed by atoms with Crippen LogP contribution < -0.4 is 10.6 Å². The van der Waals surface area contributed by atoms with Crippen molar-refractivity contribution in [3.63, 3.8) is 0 Å². The molecule has 0 aromatic carbocycles. The molecule has 3 aromatic rings. The average molecular weight is 545 g/mol. The van der Waals surface area contributed by atoms with Gasteiger partial charge in [-0.3, -0.25) is 9.59 Å². The quantitative estimate of drug-likeness (QED) is 0.399. The number of aryl methyl sites for hydroxylation is 1. The maximum Gasteiger partial charge on any atom is 0.389 e. The number of nitrogens with zero attached hydrogens (tertiary/aromatic N) is 4. The number of halogens is 5. The number of aromatic nitrogens is 4. The fraction of sp³-hybridized carbons (Fsp3) is 0.522. The Kier molecular flexibility index (Phi) is 7.76. The molecular formula is C23H25F5N6O2S. The summed E-state index contributed by atoms with van der Waals surface area (Å²) >= 11 is 1.14. The van der Waals surface area contributed by atoms with Crippen molar-refractivity contribution in [2.24, 2.45) is 5.92 Å². The highest BCUT2D eigenvalue weighted by molar-refractivity contribution is 7.03. The molecule has 0 aliphatic heterocycles. The van der Waals surface area contributed by atoms with Crippen molar-refractivity contribution in [2.45, 2.75) is 70.1 Å². The molecule has 1 aliphatic carbocycles. The summed E-state index contributed by atoms with van der Waals surface area (Å²) in [4.78, 5) is 29.2. The zero-order valence-electron chi connectivity index (χ0n) is 19.8. The van der Waals surface area contributed by atoms with E-state index in [-0.39, 0.29) is 44.1 Å². The molecule has 200 valence electrons. The minimum Gasteiger partial charge on any atom is -0.352 e. The van der Waals surface area contributed by atoms with Gasteiger partial charge >= 0.3 is 6.18 Å². The van der Waals surface area contributed by atoms with Gasteiger partial charge in [0.05, 0.1) is 41.8 Å². The fourth-order valence-corrected chi connectivity index (χ4v) is 4.98. The molecule has 14 heteroatoms. The Hall–Kier alpha value is -3.16. The van der Waals surface area contributed by atoms with Crippen molar-refractivity contribution in [2.75, 3.05) is 0 Å². The Bertz CT molecular complexity index is 1260. The Labute approximate surface area is 212 Å². The third-order valence-electron chi connectivity index (χ3n) is 6.35. The van der Waals surface area contributed by atoms with Crippen LogP contribution in [-0.2, 0) is 11.3 Å². The van der Waals surface area contributed by atoms with E-state index in [4.69, 9.17) is 0 Å². The van der Waals surface area contributed by atoms with Crippen molar-refractivity contribution in [3.8, 4) is 0 Å². The number of amides is 2. The van der Waals surface area contributed by atoms with Gasteiger partial charge < -0.3 is 10.6 Å². The van der Waals surface area contributed by atoms with Crippen LogP contribution in [0.4, 0.5) is 22.0 Å². The molecule has 8 nitrogen and oxygen atoms in total. The molecule has 0 unspecified atom stereocenters. The fourth-order valence-electron chi connectivity index (χ4n) is 4.28. The minimum absolute atomic E-state index is 0.0370. The van der Waals surface area contributed by atoms with Crippen LogP contribution in [-0.4, -0.2) is 42.9 Å². The summed E-state index contributed by atoms with van der Waals surface area (Å²) in [5.74, 6) is -4.12. The predicted molar refractivity (Wildman–Crippen MR) is 124 cm³/mol. The SMILES string of the molecule is Cc1nscc1C(=O)N[C@H](c1cn2ncc(CNC(=O)CCC(F)(F)F)cc2n1)C1CCC(F)(F)CC1. The van der Waals surface area contributed by atoms with E-state index in [2.05, 4.69) is 25.1 Å². The number of hydrogen-bond donors (Lipinski definition) is 2. The largest absolute Gasteiger partial charge is 0.389 e. The van der Waals surface area contributed by atoms with E-state index >= 15 is 0 Å². The second-order valence-electron chi connectivity index (χ2n) is 9.18. The number of carbonyl (C=O) groups is 2. The Morgan fingerprint density at radius 1 is 1.27 bits per heavy atom. The van der Waals surface area contributed by atoms with E-state index in [0.29, 0.717) is 28.2 Å². The van der Waals surface area contributed by atoms with Gasteiger partial charge in [-0.15, -0.1) is 0 Å². The van der Waals surface area contributed by atoms with Gasteiger partial charge in [0.15, 0.2) is 5.65 Å². The molecule has 2 amide bonds. The van der Waals surface area contributed by atoms with Gasteiger partial charge in [-0.25, -0.2) is 18.3 Å². The molecule has 2 N–H and O–H groups in total. The van der Waals surface area contributed by atoms with E-state index in [1.165, 1.54) is 10.7 Å². The minimum atomic E-state index is -4.41. The van der Waals surface area contributed by atoms with E-state index < -0.39 is 36.9 Å². The van der Waals surface area contributed by atoms with Gasteiger partial charge in [-0.05, 0) is 48.8 Å². The number of nitrogens with one attached hydrogen (secondary N) is 2. The first-order valence-electron chi connectivity index (χ1n) is 11.7.